The smallest absolute Gasteiger partial charge is 0.309 e. The number of hydrogen-bond acceptors (Lipinski definition) is 8. The number of esters is 1. The van der Waals surface area contributed by atoms with Crippen LogP contribution >= 0.6 is 0 Å². The number of hydrogen-bond donors (Lipinski definition) is 1. The van der Waals surface area contributed by atoms with Crippen molar-refractivity contribution in [1.82, 2.24) is 0 Å². The summed E-state index contributed by atoms with van der Waals surface area (Å²) in [5.74, 6) is -1.75. The number of rotatable bonds is 11. The molecule has 0 spiro atoms. The van der Waals surface area contributed by atoms with Crippen LogP contribution in [0.15, 0.2) is 48.7 Å². The van der Waals surface area contributed by atoms with Crippen LogP contribution in [0.25, 0.3) is 0 Å². The van der Waals surface area contributed by atoms with Gasteiger partial charge in [0.05, 0.1) is 27.2 Å². The van der Waals surface area contributed by atoms with Crippen molar-refractivity contribution in [1.29, 1.82) is 0 Å². The summed E-state index contributed by atoms with van der Waals surface area (Å²) in [6.45, 7) is 7.22. The molecule has 9 heteroatoms. The molecule has 1 heterocycles. The normalized spacial score (nSPS) is 12.5. The van der Waals surface area contributed by atoms with E-state index in [1.54, 1.807) is 21.1 Å². The molecule has 9 nitrogen and oxygen atoms in total. The molecule has 0 radical (unpaired) electrons. The van der Waals surface area contributed by atoms with Gasteiger partial charge in [-0.05, 0) is 55.2 Å². The zero-order valence-corrected chi connectivity index (χ0v) is 23.3. The maximum Gasteiger partial charge on any atom is 0.309 e. The standard InChI is InChI=1S/C30H35NO8/c1-17-8-10-21(15-25(17)37-6)27(22-11-9-18(2)26(16-22)38-7)20(4)39-30(34)19(3)14-23(32)28-29(33)24(36-5)12-13-31(28)35/h8-13,15-16,19-20,27,33H,14H2,1-7H3/t19-,20+/m1/s1. The van der Waals surface area contributed by atoms with Gasteiger partial charge in [0.15, 0.2) is 11.9 Å². The predicted molar refractivity (Wildman–Crippen MR) is 145 cm³/mol. The van der Waals surface area contributed by atoms with Crippen molar-refractivity contribution in [2.45, 2.75) is 46.1 Å². The molecule has 3 aromatic rings. The van der Waals surface area contributed by atoms with Crippen LogP contribution in [0.1, 0.15) is 58.9 Å². The summed E-state index contributed by atoms with van der Waals surface area (Å²) in [5, 5.41) is 22.5. The minimum atomic E-state index is -0.883. The van der Waals surface area contributed by atoms with E-state index in [2.05, 4.69) is 0 Å². The Labute approximate surface area is 228 Å². The Morgan fingerprint density at radius 1 is 0.872 bits per heavy atom. The van der Waals surface area contributed by atoms with Gasteiger partial charge >= 0.3 is 11.7 Å². The number of aromatic nitrogens is 1. The van der Waals surface area contributed by atoms with Crippen molar-refractivity contribution < 1.29 is 38.4 Å². The lowest BCUT2D eigenvalue weighted by Gasteiger charge is -2.27. The molecule has 1 N–H and O–H groups in total. The molecule has 2 aromatic carbocycles. The third kappa shape index (κ3) is 6.42. The van der Waals surface area contributed by atoms with E-state index >= 15 is 0 Å². The number of aryl methyl sites for hydroxylation is 2. The highest BCUT2D eigenvalue weighted by atomic mass is 16.5. The number of ketones is 1. The molecule has 1 aromatic heterocycles. The molecule has 0 bridgehead atoms. The summed E-state index contributed by atoms with van der Waals surface area (Å²) in [5.41, 5.74) is 3.20. The third-order valence-corrected chi connectivity index (χ3v) is 6.77. The number of pyridine rings is 1. The minimum absolute atomic E-state index is 0.0146. The topological polar surface area (TPSA) is 118 Å². The highest BCUT2D eigenvalue weighted by Crippen LogP contribution is 2.36. The van der Waals surface area contributed by atoms with Crippen LogP contribution in [0.2, 0.25) is 0 Å². The van der Waals surface area contributed by atoms with E-state index in [1.165, 1.54) is 20.1 Å². The zero-order chi connectivity index (χ0) is 28.9. The Hall–Kier alpha value is -4.27. The van der Waals surface area contributed by atoms with Gasteiger partial charge in [-0.1, -0.05) is 31.2 Å². The van der Waals surface area contributed by atoms with Crippen LogP contribution in [0.5, 0.6) is 23.0 Å². The van der Waals surface area contributed by atoms with Crippen LogP contribution in [0, 0.1) is 25.0 Å². The molecule has 0 aliphatic heterocycles. The maximum absolute atomic E-state index is 13.1. The second-order valence-electron chi connectivity index (χ2n) is 9.51. The quantitative estimate of drug-likeness (QED) is 0.163. The average molecular weight is 538 g/mol. The summed E-state index contributed by atoms with van der Waals surface area (Å²) in [4.78, 5) is 26.0. The first-order valence-electron chi connectivity index (χ1n) is 12.5. The second-order valence-corrected chi connectivity index (χ2v) is 9.51. The fourth-order valence-corrected chi connectivity index (χ4v) is 4.55. The molecule has 0 aliphatic carbocycles. The first-order chi connectivity index (χ1) is 18.5. The number of carbonyl (C=O) groups excluding carboxylic acids is 2. The molecule has 0 aliphatic rings. The van der Waals surface area contributed by atoms with Gasteiger partial charge in [0, 0.05) is 18.4 Å². The van der Waals surface area contributed by atoms with Crippen molar-refractivity contribution in [2.24, 2.45) is 5.92 Å². The second kappa shape index (κ2) is 12.5. The van der Waals surface area contributed by atoms with Crippen LogP contribution in [-0.2, 0) is 9.53 Å². The molecule has 39 heavy (non-hydrogen) atoms. The van der Waals surface area contributed by atoms with E-state index in [0.717, 1.165) is 28.5 Å². The summed E-state index contributed by atoms with van der Waals surface area (Å²) in [6.07, 6.45) is 0.0906. The van der Waals surface area contributed by atoms with Crippen molar-refractivity contribution in [3.05, 3.63) is 81.8 Å². The van der Waals surface area contributed by atoms with E-state index in [0.29, 0.717) is 11.5 Å². The summed E-state index contributed by atoms with van der Waals surface area (Å²) < 4.78 is 22.2. The van der Waals surface area contributed by atoms with E-state index in [9.17, 15) is 19.9 Å². The first-order valence-corrected chi connectivity index (χ1v) is 12.5. The summed E-state index contributed by atoms with van der Waals surface area (Å²) in [7, 11) is 4.51. The van der Waals surface area contributed by atoms with Crippen molar-refractivity contribution in [3.8, 4) is 23.0 Å². The Bertz CT molecular complexity index is 1300. The molecule has 0 unspecified atom stereocenters. The zero-order valence-electron chi connectivity index (χ0n) is 23.3. The Morgan fingerprint density at radius 2 is 1.38 bits per heavy atom. The van der Waals surface area contributed by atoms with E-state index in [1.807, 2.05) is 50.2 Å². The number of aromatic hydroxyl groups is 1. The maximum atomic E-state index is 13.1. The Balaban J connectivity index is 1.88. The minimum Gasteiger partial charge on any atom is -0.618 e. The molecule has 0 amide bonds. The number of benzene rings is 2. The number of carbonyl (C=O) groups is 2. The summed E-state index contributed by atoms with van der Waals surface area (Å²) >= 11 is 0. The van der Waals surface area contributed by atoms with Crippen LogP contribution < -0.4 is 18.9 Å². The van der Waals surface area contributed by atoms with E-state index in [-0.39, 0.29) is 22.8 Å². The average Bonchev–Trinajstić information content (AvgIpc) is 2.90. The van der Waals surface area contributed by atoms with Gasteiger partial charge in [-0.15, -0.1) is 0 Å². The predicted octanol–water partition coefficient (Wildman–Crippen LogP) is 4.64. The molecule has 3 rings (SSSR count). The van der Waals surface area contributed by atoms with Crippen molar-refractivity contribution in [3.63, 3.8) is 0 Å². The Morgan fingerprint density at radius 3 is 1.87 bits per heavy atom. The molecule has 0 saturated heterocycles. The lowest BCUT2D eigenvalue weighted by atomic mass is 9.86. The van der Waals surface area contributed by atoms with Gasteiger partial charge in [-0.3, -0.25) is 9.59 Å². The van der Waals surface area contributed by atoms with Gasteiger partial charge in [-0.2, -0.15) is 4.73 Å². The number of methoxy groups -OCH3 is 3. The lowest BCUT2D eigenvalue weighted by molar-refractivity contribution is -0.608. The number of nitrogens with zero attached hydrogens (tertiary/aromatic N) is 1. The molecular formula is C30H35NO8. The van der Waals surface area contributed by atoms with Gasteiger partial charge < -0.3 is 29.3 Å². The van der Waals surface area contributed by atoms with Crippen LogP contribution in [0.3, 0.4) is 0 Å². The van der Waals surface area contributed by atoms with Gasteiger partial charge in [0.2, 0.25) is 11.5 Å². The SMILES string of the molecule is COc1cc(C(c2ccc(C)c(OC)c2)[C@H](C)OC(=O)[C@H](C)CC(=O)c2c(O)c(OC)cc[n+]2[O-])ccc1C. The molecule has 0 saturated carbocycles. The third-order valence-electron chi connectivity index (χ3n) is 6.77. The summed E-state index contributed by atoms with van der Waals surface area (Å²) in [6, 6.07) is 12.9. The van der Waals surface area contributed by atoms with Crippen molar-refractivity contribution >= 4 is 11.8 Å². The first kappa shape index (κ1) is 29.3. The molecule has 2 atom stereocenters. The highest BCUT2D eigenvalue weighted by molar-refractivity contribution is 5.98. The number of ether oxygens (including phenoxy) is 4. The van der Waals surface area contributed by atoms with Crippen LogP contribution in [0.4, 0.5) is 0 Å². The molecule has 208 valence electrons. The number of Topliss-reactive ketones (excluding diaryl/α,β-unsaturated/α-hetero) is 1. The van der Waals surface area contributed by atoms with Crippen LogP contribution in [-0.4, -0.2) is 44.3 Å². The molecule has 0 fully saturated rings. The van der Waals surface area contributed by atoms with Gasteiger partial charge in [0.25, 0.3) is 0 Å². The fraction of sp³-hybridized carbons (Fsp3) is 0.367. The van der Waals surface area contributed by atoms with E-state index in [4.69, 9.17) is 18.9 Å². The van der Waals surface area contributed by atoms with Gasteiger partial charge in [0.1, 0.15) is 17.6 Å². The highest BCUT2D eigenvalue weighted by Gasteiger charge is 2.32. The monoisotopic (exact) mass is 537 g/mol. The van der Waals surface area contributed by atoms with E-state index < -0.39 is 35.2 Å². The fourth-order valence-electron chi connectivity index (χ4n) is 4.55. The molecular weight excluding hydrogens is 502 g/mol. The lowest BCUT2D eigenvalue weighted by Crippen LogP contribution is -2.35. The van der Waals surface area contributed by atoms with Crippen molar-refractivity contribution in [2.75, 3.05) is 21.3 Å². The van der Waals surface area contributed by atoms with Gasteiger partial charge in [-0.25, -0.2) is 0 Å². The largest absolute Gasteiger partial charge is 0.618 e. The Kier molecular flexibility index (Phi) is 9.40.